The number of piperidine rings is 1. The van der Waals surface area contributed by atoms with Gasteiger partial charge in [0.05, 0.1) is 5.56 Å². The zero-order chi connectivity index (χ0) is 19.1. The molecule has 26 heavy (non-hydrogen) atoms. The highest BCUT2D eigenvalue weighted by Crippen LogP contribution is 2.24. The molecular weight excluding hydrogens is 332 g/mol. The van der Waals surface area contributed by atoms with Crippen molar-refractivity contribution in [2.45, 2.75) is 38.5 Å². The molecule has 0 unspecified atom stereocenters. The third-order valence-electron chi connectivity index (χ3n) is 5.00. The zero-order valence-corrected chi connectivity index (χ0v) is 15.6. The summed E-state index contributed by atoms with van der Waals surface area (Å²) < 4.78 is 0. The molecule has 1 aliphatic rings. The number of amides is 2. The molecule has 1 aliphatic heterocycles. The summed E-state index contributed by atoms with van der Waals surface area (Å²) in [5, 5.41) is 9.29. The Morgan fingerprint density at radius 1 is 1.12 bits per heavy atom. The molecule has 0 bridgehead atoms. The zero-order valence-electron chi connectivity index (χ0n) is 15.6. The molecule has 0 spiro atoms. The van der Waals surface area contributed by atoms with E-state index in [1.54, 1.807) is 31.1 Å². The molecule has 6 heteroatoms. The Labute approximate surface area is 154 Å². The second-order valence-electron chi connectivity index (χ2n) is 7.13. The Bertz CT molecular complexity index is 649. The Morgan fingerprint density at radius 2 is 1.77 bits per heavy atom. The first-order valence-electron chi connectivity index (χ1n) is 9.17. The van der Waals surface area contributed by atoms with Gasteiger partial charge in [-0.15, -0.1) is 0 Å². The predicted octanol–water partition coefficient (Wildman–Crippen LogP) is 2.42. The Balaban J connectivity index is 1.78. The van der Waals surface area contributed by atoms with Crippen LogP contribution in [0, 0.1) is 5.92 Å². The van der Waals surface area contributed by atoms with Crippen LogP contribution in [0.25, 0.3) is 0 Å². The minimum atomic E-state index is -0.888. The van der Waals surface area contributed by atoms with E-state index < -0.39 is 5.97 Å². The van der Waals surface area contributed by atoms with Crippen molar-refractivity contribution < 1.29 is 19.5 Å². The topological polar surface area (TPSA) is 77.9 Å². The van der Waals surface area contributed by atoms with Crippen LogP contribution in [0.15, 0.2) is 24.3 Å². The van der Waals surface area contributed by atoms with Gasteiger partial charge < -0.3 is 14.9 Å². The van der Waals surface area contributed by atoms with Crippen LogP contribution in [0.1, 0.15) is 48.0 Å². The van der Waals surface area contributed by atoms with Crippen LogP contribution in [0.3, 0.4) is 0 Å². The maximum atomic E-state index is 12.3. The maximum absolute atomic E-state index is 12.3. The van der Waals surface area contributed by atoms with Gasteiger partial charge in [0.15, 0.2) is 0 Å². The van der Waals surface area contributed by atoms with Crippen LogP contribution in [0.4, 0.5) is 0 Å². The standard InChI is InChI=1S/C20H28N2O4/c1-21(2)18(23)8-5-9-19(24)22-12-10-15(11-13-22)14-16-6-3-4-7-17(16)20(25)26/h3-4,6-7,15H,5,8-14H2,1-2H3,(H,25,26). The number of aromatic carboxylic acids is 1. The van der Waals surface area contributed by atoms with E-state index in [1.807, 2.05) is 17.0 Å². The largest absolute Gasteiger partial charge is 0.478 e. The van der Waals surface area contributed by atoms with E-state index in [9.17, 15) is 19.5 Å². The number of carbonyl (C=O) groups excluding carboxylic acids is 2. The normalized spacial score (nSPS) is 14.9. The van der Waals surface area contributed by atoms with Gasteiger partial charge in [-0.3, -0.25) is 9.59 Å². The van der Waals surface area contributed by atoms with Crippen molar-refractivity contribution >= 4 is 17.8 Å². The molecule has 2 rings (SSSR count). The van der Waals surface area contributed by atoms with Gasteiger partial charge in [-0.2, -0.15) is 0 Å². The van der Waals surface area contributed by atoms with Gasteiger partial charge in [0.2, 0.25) is 11.8 Å². The van der Waals surface area contributed by atoms with E-state index in [4.69, 9.17) is 0 Å². The molecule has 1 saturated heterocycles. The number of carboxylic acids is 1. The molecule has 1 fully saturated rings. The summed E-state index contributed by atoms with van der Waals surface area (Å²) in [6.45, 7) is 1.42. The molecule has 0 radical (unpaired) electrons. The summed E-state index contributed by atoms with van der Waals surface area (Å²) in [6, 6.07) is 7.14. The first kappa shape index (κ1) is 19.9. The summed E-state index contributed by atoms with van der Waals surface area (Å²) >= 11 is 0. The van der Waals surface area contributed by atoms with Crippen molar-refractivity contribution in [3.8, 4) is 0 Å². The van der Waals surface area contributed by atoms with E-state index in [0.29, 0.717) is 43.8 Å². The van der Waals surface area contributed by atoms with Crippen LogP contribution in [-0.4, -0.2) is 59.9 Å². The summed E-state index contributed by atoms with van der Waals surface area (Å²) in [7, 11) is 3.44. The first-order chi connectivity index (χ1) is 12.4. The van der Waals surface area contributed by atoms with E-state index in [-0.39, 0.29) is 11.8 Å². The average molecular weight is 360 g/mol. The number of hydrogen-bond acceptors (Lipinski definition) is 3. The van der Waals surface area contributed by atoms with E-state index >= 15 is 0 Å². The number of hydrogen-bond donors (Lipinski definition) is 1. The molecule has 1 aromatic rings. The Kier molecular flexibility index (Phi) is 7.18. The smallest absolute Gasteiger partial charge is 0.335 e. The highest BCUT2D eigenvalue weighted by Gasteiger charge is 2.24. The van der Waals surface area contributed by atoms with Crippen molar-refractivity contribution in [3.63, 3.8) is 0 Å². The molecule has 0 aliphatic carbocycles. The lowest BCUT2D eigenvalue weighted by molar-refractivity contribution is -0.133. The average Bonchev–Trinajstić information content (AvgIpc) is 2.62. The number of benzene rings is 1. The monoisotopic (exact) mass is 360 g/mol. The molecule has 0 aromatic heterocycles. The molecule has 1 aromatic carbocycles. The van der Waals surface area contributed by atoms with Crippen molar-refractivity contribution in [2.75, 3.05) is 27.2 Å². The Hall–Kier alpha value is -2.37. The van der Waals surface area contributed by atoms with Gasteiger partial charge in [0.1, 0.15) is 0 Å². The van der Waals surface area contributed by atoms with Crippen molar-refractivity contribution in [1.82, 2.24) is 9.80 Å². The third-order valence-corrected chi connectivity index (χ3v) is 5.00. The van der Waals surface area contributed by atoms with Gasteiger partial charge in [-0.1, -0.05) is 18.2 Å². The highest BCUT2D eigenvalue weighted by molar-refractivity contribution is 5.89. The van der Waals surface area contributed by atoms with E-state index in [1.165, 1.54) is 0 Å². The molecular formula is C20H28N2O4. The predicted molar refractivity (Wildman–Crippen MR) is 99.0 cm³/mol. The van der Waals surface area contributed by atoms with E-state index in [0.717, 1.165) is 24.8 Å². The lowest BCUT2D eigenvalue weighted by atomic mass is 9.88. The van der Waals surface area contributed by atoms with Crippen LogP contribution < -0.4 is 0 Å². The van der Waals surface area contributed by atoms with Gasteiger partial charge in [0, 0.05) is 40.0 Å². The number of likely N-dealkylation sites (tertiary alicyclic amines) is 1. The molecule has 1 N–H and O–H groups in total. The van der Waals surface area contributed by atoms with Gasteiger partial charge in [0.25, 0.3) is 0 Å². The summed E-state index contributed by atoms with van der Waals surface area (Å²) in [5.41, 5.74) is 1.24. The lowest BCUT2D eigenvalue weighted by Gasteiger charge is -2.32. The minimum Gasteiger partial charge on any atom is -0.478 e. The second kappa shape index (κ2) is 9.36. The molecule has 0 atom stereocenters. The third kappa shape index (κ3) is 5.58. The van der Waals surface area contributed by atoms with Gasteiger partial charge in [-0.05, 0) is 43.2 Å². The highest BCUT2D eigenvalue weighted by atomic mass is 16.4. The van der Waals surface area contributed by atoms with Crippen LogP contribution >= 0.6 is 0 Å². The van der Waals surface area contributed by atoms with Crippen molar-refractivity contribution in [2.24, 2.45) is 5.92 Å². The fourth-order valence-electron chi connectivity index (χ4n) is 3.38. The summed E-state index contributed by atoms with van der Waals surface area (Å²) in [4.78, 5) is 38.6. The molecule has 142 valence electrons. The van der Waals surface area contributed by atoms with Gasteiger partial charge >= 0.3 is 5.97 Å². The minimum absolute atomic E-state index is 0.0496. The molecule has 2 amide bonds. The Morgan fingerprint density at radius 3 is 2.38 bits per heavy atom. The molecule has 0 saturated carbocycles. The van der Waals surface area contributed by atoms with Crippen molar-refractivity contribution in [3.05, 3.63) is 35.4 Å². The number of carboxylic acid groups (broad SMARTS) is 1. The molecule has 6 nitrogen and oxygen atoms in total. The van der Waals surface area contributed by atoms with Gasteiger partial charge in [-0.25, -0.2) is 4.79 Å². The van der Waals surface area contributed by atoms with Crippen LogP contribution in [-0.2, 0) is 16.0 Å². The van der Waals surface area contributed by atoms with E-state index in [2.05, 4.69) is 0 Å². The van der Waals surface area contributed by atoms with Crippen LogP contribution in [0.2, 0.25) is 0 Å². The lowest BCUT2D eigenvalue weighted by Crippen LogP contribution is -2.39. The number of nitrogens with zero attached hydrogens (tertiary/aromatic N) is 2. The fourth-order valence-corrected chi connectivity index (χ4v) is 3.38. The van der Waals surface area contributed by atoms with Crippen molar-refractivity contribution in [1.29, 1.82) is 0 Å². The second-order valence-corrected chi connectivity index (χ2v) is 7.13. The number of carbonyl (C=O) groups is 3. The summed E-state index contributed by atoms with van der Waals surface area (Å²) in [6.07, 6.45) is 3.91. The SMILES string of the molecule is CN(C)C(=O)CCCC(=O)N1CCC(Cc2ccccc2C(=O)O)CC1. The first-order valence-corrected chi connectivity index (χ1v) is 9.17. The fraction of sp³-hybridized carbons (Fsp3) is 0.550. The van der Waals surface area contributed by atoms with Crippen LogP contribution in [0.5, 0.6) is 0 Å². The quantitative estimate of drug-likeness (QED) is 0.810. The number of rotatable bonds is 7. The maximum Gasteiger partial charge on any atom is 0.335 e. The molecule has 1 heterocycles. The summed E-state index contributed by atoms with van der Waals surface area (Å²) in [5.74, 6) is -0.329.